The molecule has 0 bridgehead atoms. The number of carbonyl (C=O) groups is 1. The number of aryl methyl sites for hydroxylation is 1. The molecular weight excluding hydrogens is 368 g/mol. The van der Waals surface area contributed by atoms with Crippen molar-refractivity contribution < 1.29 is 9.53 Å². The van der Waals surface area contributed by atoms with Crippen molar-refractivity contribution in [1.82, 2.24) is 9.80 Å². The highest BCUT2D eigenvalue weighted by molar-refractivity contribution is 7.13. The standard InChI is InChI=1S/C23H30N2O2S/c1-18-8-11-22(28-18)23(26)25(20-9-10-20)17-19-6-5-7-21(16-19)27-15-14-24-12-3-2-4-13-24/h5-8,11,16,20H,2-4,9-10,12-15,17H2,1H3. The molecule has 2 aliphatic rings. The number of benzene rings is 1. The van der Waals surface area contributed by atoms with Crippen molar-refractivity contribution in [2.75, 3.05) is 26.2 Å². The number of carbonyl (C=O) groups excluding carboxylic acids is 1. The largest absolute Gasteiger partial charge is 0.492 e. The van der Waals surface area contributed by atoms with E-state index in [4.69, 9.17) is 4.74 Å². The molecule has 2 aromatic rings. The summed E-state index contributed by atoms with van der Waals surface area (Å²) in [6.45, 7) is 6.82. The fourth-order valence-corrected chi connectivity index (χ4v) is 4.67. The van der Waals surface area contributed by atoms with E-state index in [1.54, 1.807) is 11.3 Å². The number of rotatable bonds is 8. The van der Waals surface area contributed by atoms with Gasteiger partial charge in [-0.05, 0) is 75.5 Å². The van der Waals surface area contributed by atoms with Crippen LogP contribution in [0, 0.1) is 6.92 Å². The third kappa shape index (κ3) is 5.15. The van der Waals surface area contributed by atoms with Crippen molar-refractivity contribution in [3.8, 4) is 5.75 Å². The molecule has 1 saturated carbocycles. The van der Waals surface area contributed by atoms with Crippen LogP contribution in [0.1, 0.15) is 52.2 Å². The maximum absolute atomic E-state index is 13.0. The van der Waals surface area contributed by atoms with Crippen molar-refractivity contribution in [1.29, 1.82) is 0 Å². The molecule has 0 unspecified atom stereocenters. The lowest BCUT2D eigenvalue weighted by Crippen LogP contribution is -2.33. The van der Waals surface area contributed by atoms with E-state index in [-0.39, 0.29) is 5.91 Å². The van der Waals surface area contributed by atoms with E-state index in [2.05, 4.69) is 17.0 Å². The van der Waals surface area contributed by atoms with E-state index in [0.717, 1.165) is 42.2 Å². The summed E-state index contributed by atoms with van der Waals surface area (Å²) < 4.78 is 6.01. The lowest BCUT2D eigenvalue weighted by molar-refractivity contribution is 0.0734. The second-order valence-electron chi connectivity index (χ2n) is 7.97. The van der Waals surface area contributed by atoms with Crippen LogP contribution in [0.25, 0.3) is 0 Å². The Balaban J connectivity index is 1.35. The van der Waals surface area contributed by atoms with Crippen molar-refractivity contribution in [3.63, 3.8) is 0 Å². The minimum Gasteiger partial charge on any atom is -0.492 e. The molecule has 2 heterocycles. The number of hydrogen-bond acceptors (Lipinski definition) is 4. The van der Waals surface area contributed by atoms with Gasteiger partial charge in [0, 0.05) is 24.0 Å². The molecule has 1 aromatic carbocycles. The van der Waals surface area contributed by atoms with Gasteiger partial charge in [-0.1, -0.05) is 18.6 Å². The Morgan fingerprint density at radius 3 is 2.71 bits per heavy atom. The SMILES string of the molecule is Cc1ccc(C(=O)N(Cc2cccc(OCCN3CCCCC3)c2)C2CC2)s1. The molecule has 0 N–H and O–H groups in total. The highest BCUT2D eigenvalue weighted by atomic mass is 32.1. The fraction of sp³-hybridized carbons (Fsp3) is 0.522. The van der Waals surface area contributed by atoms with Gasteiger partial charge in [0.25, 0.3) is 5.91 Å². The zero-order valence-electron chi connectivity index (χ0n) is 16.7. The summed E-state index contributed by atoms with van der Waals surface area (Å²) in [4.78, 5) is 19.5. The minimum absolute atomic E-state index is 0.164. The predicted octanol–water partition coefficient (Wildman–Crippen LogP) is 4.73. The number of likely N-dealkylation sites (tertiary alicyclic amines) is 1. The molecule has 1 saturated heterocycles. The van der Waals surface area contributed by atoms with Crippen molar-refractivity contribution in [3.05, 3.63) is 51.7 Å². The Bertz CT molecular complexity index is 793. The molecule has 28 heavy (non-hydrogen) atoms. The van der Waals surface area contributed by atoms with Gasteiger partial charge >= 0.3 is 0 Å². The van der Waals surface area contributed by atoms with Crippen molar-refractivity contribution >= 4 is 17.2 Å². The molecule has 4 nitrogen and oxygen atoms in total. The lowest BCUT2D eigenvalue weighted by atomic mass is 10.1. The first-order valence-corrected chi connectivity index (χ1v) is 11.3. The Labute approximate surface area is 172 Å². The molecule has 1 aliphatic heterocycles. The van der Waals surface area contributed by atoms with E-state index in [0.29, 0.717) is 12.6 Å². The van der Waals surface area contributed by atoms with Crippen LogP contribution in [0.5, 0.6) is 5.75 Å². The Morgan fingerprint density at radius 2 is 2.00 bits per heavy atom. The monoisotopic (exact) mass is 398 g/mol. The van der Waals surface area contributed by atoms with Crippen molar-refractivity contribution in [2.45, 2.75) is 51.6 Å². The summed E-state index contributed by atoms with van der Waals surface area (Å²) in [5.41, 5.74) is 1.14. The van der Waals surface area contributed by atoms with Crippen LogP contribution in [0.2, 0.25) is 0 Å². The number of ether oxygens (including phenoxy) is 1. The highest BCUT2D eigenvalue weighted by Gasteiger charge is 2.33. The number of thiophene rings is 1. The molecular formula is C23H30N2O2S. The maximum Gasteiger partial charge on any atom is 0.264 e. The molecule has 150 valence electrons. The smallest absolute Gasteiger partial charge is 0.264 e. The van der Waals surface area contributed by atoms with Crippen LogP contribution in [0.4, 0.5) is 0 Å². The average Bonchev–Trinajstić information content (AvgIpc) is 3.47. The number of hydrogen-bond donors (Lipinski definition) is 0. The van der Waals surface area contributed by atoms with Gasteiger partial charge in [-0.2, -0.15) is 0 Å². The number of amides is 1. The zero-order chi connectivity index (χ0) is 19.3. The van der Waals surface area contributed by atoms with Crippen LogP contribution in [-0.2, 0) is 6.54 Å². The summed E-state index contributed by atoms with van der Waals surface area (Å²) in [5.74, 6) is 1.07. The van der Waals surface area contributed by atoms with E-state index >= 15 is 0 Å². The van der Waals surface area contributed by atoms with Crippen LogP contribution >= 0.6 is 11.3 Å². The van der Waals surface area contributed by atoms with Gasteiger partial charge in [0.15, 0.2) is 0 Å². The van der Waals surface area contributed by atoms with E-state index in [1.807, 2.05) is 36.1 Å². The molecule has 1 amide bonds. The van der Waals surface area contributed by atoms with E-state index in [1.165, 1.54) is 37.2 Å². The summed E-state index contributed by atoms with van der Waals surface area (Å²) in [5, 5.41) is 0. The first-order chi connectivity index (χ1) is 13.7. The van der Waals surface area contributed by atoms with Gasteiger partial charge in [-0.3, -0.25) is 9.69 Å². The van der Waals surface area contributed by atoms with Gasteiger partial charge < -0.3 is 9.64 Å². The van der Waals surface area contributed by atoms with E-state index < -0.39 is 0 Å². The summed E-state index contributed by atoms with van der Waals surface area (Å²) in [7, 11) is 0. The first-order valence-electron chi connectivity index (χ1n) is 10.5. The van der Waals surface area contributed by atoms with E-state index in [9.17, 15) is 4.79 Å². The normalized spacial score (nSPS) is 17.5. The van der Waals surface area contributed by atoms with Gasteiger partial charge in [0.05, 0.1) is 4.88 Å². The average molecular weight is 399 g/mol. The highest BCUT2D eigenvalue weighted by Crippen LogP contribution is 2.31. The van der Waals surface area contributed by atoms with Gasteiger partial charge in [0.1, 0.15) is 12.4 Å². The van der Waals surface area contributed by atoms with Crippen LogP contribution in [-0.4, -0.2) is 48.0 Å². The second kappa shape index (κ2) is 9.10. The Hall–Kier alpha value is -1.85. The molecule has 0 atom stereocenters. The molecule has 1 aromatic heterocycles. The van der Waals surface area contributed by atoms with Crippen LogP contribution < -0.4 is 4.74 Å². The molecule has 2 fully saturated rings. The molecule has 0 radical (unpaired) electrons. The molecule has 1 aliphatic carbocycles. The maximum atomic E-state index is 13.0. The minimum atomic E-state index is 0.164. The summed E-state index contributed by atoms with van der Waals surface area (Å²) in [6.07, 6.45) is 6.21. The summed E-state index contributed by atoms with van der Waals surface area (Å²) in [6, 6.07) is 12.6. The summed E-state index contributed by atoms with van der Waals surface area (Å²) >= 11 is 1.59. The van der Waals surface area contributed by atoms with Gasteiger partial charge in [-0.25, -0.2) is 0 Å². The molecule has 0 spiro atoms. The fourth-order valence-electron chi connectivity index (χ4n) is 3.85. The van der Waals surface area contributed by atoms with Gasteiger partial charge in [-0.15, -0.1) is 11.3 Å². The van der Waals surface area contributed by atoms with Crippen LogP contribution in [0.15, 0.2) is 36.4 Å². The molecule has 5 heteroatoms. The zero-order valence-corrected chi connectivity index (χ0v) is 17.5. The Kier molecular flexibility index (Phi) is 6.33. The quantitative estimate of drug-likeness (QED) is 0.645. The number of piperidine rings is 1. The van der Waals surface area contributed by atoms with Gasteiger partial charge in [0.2, 0.25) is 0 Å². The molecule has 4 rings (SSSR count). The Morgan fingerprint density at radius 1 is 1.18 bits per heavy atom. The lowest BCUT2D eigenvalue weighted by Gasteiger charge is -2.26. The first kappa shape index (κ1) is 19.5. The third-order valence-electron chi connectivity index (χ3n) is 5.58. The third-order valence-corrected chi connectivity index (χ3v) is 6.56. The van der Waals surface area contributed by atoms with Crippen LogP contribution in [0.3, 0.4) is 0 Å². The van der Waals surface area contributed by atoms with Crippen molar-refractivity contribution in [2.24, 2.45) is 0 Å². The predicted molar refractivity (Wildman–Crippen MR) is 114 cm³/mol. The second-order valence-corrected chi connectivity index (χ2v) is 9.26. The number of nitrogens with zero attached hydrogens (tertiary/aromatic N) is 2. The topological polar surface area (TPSA) is 32.8 Å².